The van der Waals surface area contributed by atoms with Crippen LogP contribution in [0.15, 0.2) is 11.6 Å². The summed E-state index contributed by atoms with van der Waals surface area (Å²) in [4.78, 5) is 0. The van der Waals surface area contributed by atoms with Gasteiger partial charge in [-0.15, -0.1) is 0 Å². The normalized spacial score (nSPS) is 41.8. The van der Waals surface area contributed by atoms with E-state index in [1.165, 1.54) is 18.4 Å². The van der Waals surface area contributed by atoms with Gasteiger partial charge >= 0.3 is 0 Å². The fourth-order valence-electron chi connectivity index (χ4n) is 2.33. The molecule has 2 aliphatic carbocycles. The minimum atomic E-state index is -0.500. The minimum Gasteiger partial charge on any atom is -0.385 e. The minimum absolute atomic E-state index is 0.234. The van der Waals surface area contributed by atoms with Gasteiger partial charge in [0.05, 0.1) is 5.60 Å². The Kier molecular flexibility index (Phi) is 1.97. The molecule has 2 nitrogen and oxygen atoms in total. The molecule has 1 fully saturated rings. The average Bonchev–Trinajstić information content (AvgIpc) is 2.04. The van der Waals surface area contributed by atoms with Crippen LogP contribution < -0.4 is 5.73 Å². The molecule has 0 saturated heterocycles. The van der Waals surface area contributed by atoms with Crippen molar-refractivity contribution in [3.05, 3.63) is 11.6 Å². The van der Waals surface area contributed by atoms with Gasteiger partial charge in [0.15, 0.2) is 0 Å². The highest BCUT2D eigenvalue weighted by Crippen LogP contribution is 2.41. The molecule has 0 heterocycles. The van der Waals surface area contributed by atoms with Gasteiger partial charge in [-0.2, -0.15) is 0 Å². The third-order valence-electron chi connectivity index (χ3n) is 3.09. The van der Waals surface area contributed by atoms with Crippen LogP contribution in [0.25, 0.3) is 0 Å². The number of hydrogen-bond acceptors (Lipinski definition) is 2. The summed E-state index contributed by atoms with van der Waals surface area (Å²) in [6.07, 6.45) is 8.53. The molecule has 3 N–H and O–H groups in total. The molecule has 68 valence electrons. The molecule has 0 aromatic heterocycles. The first-order valence-corrected chi connectivity index (χ1v) is 4.88. The zero-order chi connectivity index (χ0) is 8.60. The predicted molar refractivity (Wildman–Crippen MR) is 48.7 cm³/mol. The molecule has 2 heteroatoms. The molecular formula is C10H17NO. The van der Waals surface area contributed by atoms with Crippen LogP contribution in [0.1, 0.15) is 38.5 Å². The molecule has 2 aliphatic rings. The third kappa shape index (κ3) is 1.29. The third-order valence-corrected chi connectivity index (χ3v) is 3.09. The molecule has 0 aromatic carbocycles. The summed E-state index contributed by atoms with van der Waals surface area (Å²) in [5.74, 6) is 0. The maximum Gasteiger partial charge on any atom is 0.0886 e. The van der Waals surface area contributed by atoms with Gasteiger partial charge in [0.1, 0.15) is 0 Å². The smallest absolute Gasteiger partial charge is 0.0886 e. The Morgan fingerprint density at radius 3 is 2.67 bits per heavy atom. The Balaban J connectivity index is 2.03. The standard InChI is InChI=1S/C10H17NO/c11-9-6-10(12,7-9)8-4-2-1-3-5-8/h4,9,12H,1-3,5-7,11H2. The second-order valence-corrected chi connectivity index (χ2v) is 4.18. The van der Waals surface area contributed by atoms with Crippen LogP contribution in [0, 0.1) is 0 Å². The van der Waals surface area contributed by atoms with Crippen molar-refractivity contribution >= 4 is 0 Å². The molecule has 0 radical (unpaired) electrons. The van der Waals surface area contributed by atoms with E-state index in [4.69, 9.17) is 5.73 Å². The molecule has 2 rings (SSSR count). The first-order chi connectivity index (χ1) is 5.71. The van der Waals surface area contributed by atoms with E-state index < -0.39 is 5.60 Å². The molecule has 0 bridgehead atoms. The van der Waals surface area contributed by atoms with Gasteiger partial charge in [0, 0.05) is 6.04 Å². The van der Waals surface area contributed by atoms with Crippen molar-refractivity contribution in [1.29, 1.82) is 0 Å². The summed E-state index contributed by atoms with van der Waals surface area (Å²) in [5, 5.41) is 10.1. The molecule has 0 unspecified atom stereocenters. The molecule has 1 saturated carbocycles. The second kappa shape index (κ2) is 2.86. The quantitative estimate of drug-likeness (QED) is 0.579. The molecule has 0 amide bonds. The number of hydrogen-bond donors (Lipinski definition) is 2. The van der Waals surface area contributed by atoms with Crippen LogP contribution in [-0.4, -0.2) is 16.7 Å². The number of rotatable bonds is 1. The maximum atomic E-state index is 10.1. The van der Waals surface area contributed by atoms with Crippen LogP contribution in [0.2, 0.25) is 0 Å². The van der Waals surface area contributed by atoms with Gasteiger partial charge in [-0.3, -0.25) is 0 Å². The fraction of sp³-hybridized carbons (Fsp3) is 0.800. The van der Waals surface area contributed by atoms with Gasteiger partial charge in [-0.25, -0.2) is 0 Å². The van der Waals surface area contributed by atoms with E-state index in [9.17, 15) is 5.11 Å². The number of allylic oxidation sites excluding steroid dienone is 1. The molecule has 0 aromatic rings. The Labute approximate surface area is 73.5 Å². The maximum absolute atomic E-state index is 10.1. The Bertz CT molecular complexity index is 204. The highest BCUT2D eigenvalue weighted by molar-refractivity contribution is 5.24. The first kappa shape index (κ1) is 8.27. The van der Waals surface area contributed by atoms with Gasteiger partial charge < -0.3 is 10.8 Å². The van der Waals surface area contributed by atoms with Crippen molar-refractivity contribution in [3.63, 3.8) is 0 Å². The summed E-state index contributed by atoms with van der Waals surface area (Å²) in [6.45, 7) is 0. The second-order valence-electron chi connectivity index (χ2n) is 4.18. The highest BCUT2D eigenvalue weighted by Gasteiger charge is 2.43. The molecule has 0 spiro atoms. The van der Waals surface area contributed by atoms with Crippen LogP contribution in [-0.2, 0) is 0 Å². The lowest BCUT2D eigenvalue weighted by atomic mass is 9.69. The highest BCUT2D eigenvalue weighted by atomic mass is 16.3. The zero-order valence-electron chi connectivity index (χ0n) is 7.42. The van der Waals surface area contributed by atoms with E-state index in [1.54, 1.807) is 0 Å². The van der Waals surface area contributed by atoms with E-state index in [1.807, 2.05) is 0 Å². The van der Waals surface area contributed by atoms with Gasteiger partial charge in [-0.1, -0.05) is 6.08 Å². The van der Waals surface area contributed by atoms with E-state index in [2.05, 4.69) is 6.08 Å². The average molecular weight is 167 g/mol. The lowest BCUT2D eigenvalue weighted by molar-refractivity contribution is -0.0159. The summed E-state index contributed by atoms with van der Waals surface area (Å²) in [7, 11) is 0. The van der Waals surface area contributed by atoms with Gasteiger partial charge in [-0.05, 0) is 44.1 Å². The van der Waals surface area contributed by atoms with Gasteiger partial charge in [0.2, 0.25) is 0 Å². The summed E-state index contributed by atoms with van der Waals surface area (Å²) < 4.78 is 0. The topological polar surface area (TPSA) is 46.2 Å². The fourth-order valence-corrected chi connectivity index (χ4v) is 2.33. The Hall–Kier alpha value is -0.340. The molecule has 0 atom stereocenters. The van der Waals surface area contributed by atoms with Crippen molar-refractivity contribution in [1.82, 2.24) is 0 Å². The van der Waals surface area contributed by atoms with Crippen molar-refractivity contribution in [2.24, 2.45) is 5.73 Å². The van der Waals surface area contributed by atoms with E-state index in [-0.39, 0.29) is 6.04 Å². The SMILES string of the molecule is NC1CC(O)(C2=CCCCC2)C1. The van der Waals surface area contributed by atoms with Crippen molar-refractivity contribution in [3.8, 4) is 0 Å². The Morgan fingerprint density at radius 2 is 2.17 bits per heavy atom. The molecule has 12 heavy (non-hydrogen) atoms. The number of nitrogens with two attached hydrogens (primary N) is 1. The van der Waals surface area contributed by atoms with Crippen LogP contribution in [0.4, 0.5) is 0 Å². The number of aliphatic hydroxyl groups is 1. The van der Waals surface area contributed by atoms with Crippen LogP contribution in [0.3, 0.4) is 0 Å². The van der Waals surface area contributed by atoms with Crippen LogP contribution in [0.5, 0.6) is 0 Å². The summed E-state index contributed by atoms with van der Waals surface area (Å²) in [6, 6.07) is 0.234. The summed E-state index contributed by atoms with van der Waals surface area (Å²) >= 11 is 0. The monoisotopic (exact) mass is 167 g/mol. The van der Waals surface area contributed by atoms with Crippen molar-refractivity contribution < 1.29 is 5.11 Å². The zero-order valence-corrected chi connectivity index (χ0v) is 7.42. The van der Waals surface area contributed by atoms with Crippen LogP contribution >= 0.6 is 0 Å². The molecule has 0 aliphatic heterocycles. The summed E-state index contributed by atoms with van der Waals surface area (Å²) in [5.41, 5.74) is 6.43. The Morgan fingerprint density at radius 1 is 1.42 bits per heavy atom. The van der Waals surface area contributed by atoms with E-state index >= 15 is 0 Å². The van der Waals surface area contributed by atoms with E-state index in [0.29, 0.717) is 0 Å². The largest absolute Gasteiger partial charge is 0.385 e. The van der Waals surface area contributed by atoms with Crippen molar-refractivity contribution in [2.75, 3.05) is 0 Å². The predicted octanol–water partition coefficient (Wildman–Crippen LogP) is 1.34. The molecular weight excluding hydrogens is 150 g/mol. The first-order valence-electron chi connectivity index (χ1n) is 4.88. The van der Waals surface area contributed by atoms with Crippen molar-refractivity contribution in [2.45, 2.75) is 50.2 Å². The van der Waals surface area contributed by atoms with Gasteiger partial charge in [0.25, 0.3) is 0 Å². The van der Waals surface area contributed by atoms with E-state index in [0.717, 1.165) is 25.7 Å². The lowest BCUT2D eigenvalue weighted by Gasteiger charge is -2.44. The lowest BCUT2D eigenvalue weighted by Crippen LogP contribution is -2.52.